The summed E-state index contributed by atoms with van der Waals surface area (Å²) in [6.07, 6.45) is 1.17. The molecule has 0 unspecified atom stereocenters. The number of hydrogen-bond acceptors (Lipinski definition) is 4. The smallest absolute Gasteiger partial charge is 0.251 e. The fourth-order valence-electron chi connectivity index (χ4n) is 3.64. The normalized spacial score (nSPS) is 23.0. The van der Waals surface area contributed by atoms with Gasteiger partial charge >= 0.3 is 0 Å². The van der Waals surface area contributed by atoms with Crippen molar-refractivity contribution >= 4 is 0 Å². The van der Waals surface area contributed by atoms with E-state index >= 15 is 0 Å². The van der Waals surface area contributed by atoms with Crippen LogP contribution in [-0.2, 0) is 6.54 Å². The van der Waals surface area contributed by atoms with Crippen molar-refractivity contribution < 1.29 is 4.74 Å². The van der Waals surface area contributed by atoms with Gasteiger partial charge < -0.3 is 14.6 Å². The second kappa shape index (κ2) is 5.25. The minimum absolute atomic E-state index is 0.0775. The van der Waals surface area contributed by atoms with Gasteiger partial charge in [0.05, 0.1) is 12.8 Å². The molecule has 4 heterocycles. The van der Waals surface area contributed by atoms with Crippen LogP contribution in [0.25, 0.3) is 11.3 Å². The van der Waals surface area contributed by atoms with Crippen LogP contribution in [-0.4, -0.2) is 29.8 Å². The van der Waals surface area contributed by atoms with E-state index < -0.39 is 0 Å². The zero-order valence-electron chi connectivity index (χ0n) is 12.6. The first-order chi connectivity index (χ1) is 10.7. The Morgan fingerprint density at radius 2 is 2.23 bits per heavy atom. The Hall–Kier alpha value is -2.14. The molecule has 0 spiro atoms. The van der Waals surface area contributed by atoms with Crippen LogP contribution in [0.15, 0.2) is 35.1 Å². The van der Waals surface area contributed by atoms with E-state index in [1.165, 1.54) is 6.42 Å². The molecule has 1 fully saturated rings. The summed E-state index contributed by atoms with van der Waals surface area (Å²) < 4.78 is 7.13. The van der Waals surface area contributed by atoms with Gasteiger partial charge in [-0.2, -0.15) is 0 Å². The van der Waals surface area contributed by atoms with Crippen molar-refractivity contribution in [2.24, 2.45) is 5.92 Å². The number of aromatic nitrogens is 2. The maximum Gasteiger partial charge on any atom is 0.251 e. The number of methoxy groups -OCH3 is 1. The number of fused-ring (bicyclic) bond motifs is 4. The molecule has 0 aliphatic carbocycles. The SMILES string of the molecule is COc1cccc(-c2cc3n(c(=O)c2)C[C@@H]2CNC[C@H]3C2)n1. The zero-order chi connectivity index (χ0) is 15.1. The van der Waals surface area contributed by atoms with Crippen molar-refractivity contribution in [2.75, 3.05) is 20.2 Å². The summed E-state index contributed by atoms with van der Waals surface area (Å²) >= 11 is 0. The van der Waals surface area contributed by atoms with E-state index in [2.05, 4.69) is 16.4 Å². The van der Waals surface area contributed by atoms with Gasteiger partial charge in [0.1, 0.15) is 0 Å². The first-order valence-corrected chi connectivity index (χ1v) is 7.71. The number of ether oxygens (including phenoxy) is 1. The molecule has 4 rings (SSSR count). The number of pyridine rings is 2. The first kappa shape index (κ1) is 13.5. The largest absolute Gasteiger partial charge is 0.481 e. The van der Waals surface area contributed by atoms with Crippen LogP contribution in [0, 0.1) is 5.92 Å². The topological polar surface area (TPSA) is 56.1 Å². The molecule has 0 radical (unpaired) electrons. The van der Waals surface area contributed by atoms with Crippen LogP contribution < -0.4 is 15.6 Å². The number of nitrogens with zero attached hydrogens (tertiary/aromatic N) is 2. The van der Waals surface area contributed by atoms with Gasteiger partial charge in [0.25, 0.3) is 5.56 Å². The average Bonchev–Trinajstić information content (AvgIpc) is 2.56. The molecule has 22 heavy (non-hydrogen) atoms. The molecule has 2 aromatic heterocycles. The summed E-state index contributed by atoms with van der Waals surface area (Å²) in [5.41, 5.74) is 2.87. The predicted molar refractivity (Wildman–Crippen MR) is 84.2 cm³/mol. The fraction of sp³-hybridized carbons (Fsp3) is 0.412. The molecule has 114 valence electrons. The zero-order valence-corrected chi connectivity index (χ0v) is 12.6. The van der Waals surface area contributed by atoms with E-state index in [4.69, 9.17) is 4.74 Å². The molecule has 1 saturated heterocycles. The van der Waals surface area contributed by atoms with Crippen LogP contribution >= 0.6 is 0 Å². The van der Waals surface area contributed by atoms with E-state index in [0.717, 1.165) is 36.6 Å². The second-order valence-electron chi connectivity index (χ2n) is 6.14. The molecular formula is C17H19N3O2. The van der Waals surface area contributed by atoms with Crippen LogP contribution in [0.1, 0.15) is 18.0 Å². The lowest BCUT2D eigenvalue weighted by molar-refractivity contribution is 0.257. The van der Waals surface area contributed by atoms with Crippen molar-refractivity contribution in [3.63, 3.8) is 0 Å². The number of rotatable bonds is 2. The van der Waals surface area contributed by atoms with Gasteiger partial charge in [0.2, 0.25) is 5.88 Å². The molecule has 2 aliphatic heterocycles. The van der Waals surface area contributed by atoms with Gasteiger partial charge in [0.15, 0.2) is 0 Å². The van der Waals surface area contributed by atoms with Gasteiger partial charge in [-0.1, -0.05) is 6.07 Å². The lowest BCUT2D eigenvalue weighted by atomic mass is 9.83. The lowest BCUT2D eigenvalue weighted by Gasteiger charge is -2.37. The standard InChI is InChI=1S/C17H19N3O2/c1-22-16-4-2-3-14(19-16)12-6-15-13-5-11(8-18-9-13)10-20(15)17(21)7-12/h2-4,6-7,11,13,18H,5,8-10H2,1H3/t11-,13+/m0/s1. The van der Waals surface area contributed by atoms with Gasteiger partial charge in [-0.05, 0) is 31.0 Å². The Morgan fingerprint density at radius 3 is 3.09 bits per heavy atom. The third-order valence-electron chi connectivity index (χ3n) is 4.69. The van der Waals surface area contributed by atoms with Crippen molar-refractivity contribution in [3.8, 4) is 17.1 Å². The maximum absolute atomic E-state index is 12.5. The molecule has 0 saturated carbocycles. The maximum atomic E-state index is 12.5. The molecule has 5 heteroatoms. The minimum atomic E-state index is 0.0775. The Kier molecular flexibility index (Phi) is 3.22. The van der Waals surface area contributed by atoms with Gasteiger partial charge in [-0.25, -0.2) is 4.98 Å². The molecule has 5 nitrogen and oxygen atoms in total. The molecule has 1 N–H and O–H groups in total. The van der Waals surface area contributed by atoms with Crippen LogP contribution in [0.3, 0.4) is 0 Å². The predicted octanol–water partition coefficient (Wildman–Crippen LogP) is 1.63. The first-order valence-electron chi connectivity index (χ1n) is 7.71. The van der Waals surface area contributed by atoms with Crippen molar-refractivity contribution in [3.05, 3.63) is 46.4 Å². The van der Waals surface area contributed by atoms with Gasteiger partial charge in [-0.15, -0.1) is 0 Å². The Morgan fingerprint density at radius 1 is 1.32 bits per heavy atom. The summed E-state index contributed by atoms with van der Waals surface area (Å²) in [7, 11) is 1.60. The van der Waals surface area contributed by atoms with Crippen LogP contribution in [0.2, 0.25) is 0 Å². The average molecular weight is 297 g/mol. The summed E-state index contributed by atoms with van der Waals surface area (Å²) in [4.78, 5) is 17.0. The Balaban J connectivity index is 1.82. The van der Waals surface area contributed by atoms with Gasteiger partial charge in [-0.3, -0.25) is 4.79 Å². The van der Waals surface area contributed by atoms with Gasteiger partial charge in [0, 0.05) is 42.4 Å². The monoisotopic (exact) mass is 297 g/mol. The van der Waals surface area contributed by atoms with Crippen molar-refractivity contribution in [1.82, 2.24) is 14.9 Å². The van der Waals surface area contributed by atoms with E-state index in [1.807, 2.05) is 22.8 Å². The molecule has 2 aliphatic rings. The molecule has 2 aromatic rings. The highest BCUT2D eigenvalue weighted by Gasteiger charge is 2.31. The number of piperidine rings is 1. The lowest BCUT2D eigenvalue weighted by Crippen LogP contribution is -2.44. The number of hydrogen-bond donors (Lipinski definition) is 1. The summed E-state index contributed by atoms with van der Waals surface area (Å²) in [6.45, 7) is 2.79. The van der Waals surface area contributed by atoms with E-state index in [-0.39, 0.29) is 5.56 Å². The Bertz CT molecular complexity index is 769. The molecule has 2 bridgehead atoms. The third kappa shape index (κ3) is 2.22. The molecule has 0 aromatic carbocycles. The second-order valence-corrected chi connectivity index (χ2v) is 6.14. The quantitative estimate of drug-likeness (QED) is 0.915. The molecular weight excluding hydrogens is 278 g/mol. The van der Waals surface area contributed by atoms with E-state index in [9.17, 15) is 4.79 Å². The third-order valence-corrected chi connectivity index (χ3v) is 4.69. The van der Waals surface area contributed by atoms with E-state index in [1.54, 1.807) is 13.2 Å². The van der Waals surface area contributed by atoms with Crippen molar-refractivity contribution in [2.45, 2.75) is 18.9 Å². The molecule has 2 atom stereocenters. The summed E-state index contributed by atoms with van der Waals surface area (Å²) in [5, 5.41) is 3.47. The highest BCUT2D eigenvalue weighted by molar-refractivity contribution is 5.60. The molecule has 0 amide bonds. The highest BCUT2D eigenvalue weighted by atomic mass is 16.5. The van der Waals surface area contributed by atoms with Crippen LogP contribution in [0.4, 0.5) is 0 Å². The van der Waals surface area contributed by atoms with E-state index in [0.29, 0.717) is 17.7 Å². The number of nitrogens with one attached hydrogen (secondary N) is 1. The highest BCUT2D eigenvalue weighted by Crippen LogP contribution is 2.33. The fourth-order valence-corrected chi connectivity index (χ4v) is 3.64. The van der Waals surface area contributed by atoms with Crippen molar-refractivity contribution in [1.29, 1.82) is 0 Å². The summed E-state index contributed by atoms with van der Waals surface area (Å²) in [5.74, 6) is 1.56. The Labute approximate surface area is 129 Å². The van der Waals surface area contributed by atoms with Crippen LogP contribution in [0.5, 0.6) is 5.88 Å². The minimum Gasteiger partial charge on any atom is -0.481 e. The summed E-state index contributed by atoms with van der Waals surface area (Å²) in [6, 6.07) is 9.44.